The number of hydrogen-bond donors (Lipinski definition) is 0. The van der Waals surface area contributed by atoms with Crippen molar-refractivity contribution < 1.29 is 14.5 Å². The van der Waals surface area contributed by atoms with E-state index in [-0.39, 0.29) is 34.6 Å². The van der Waals surface area contributed by atoms with Crippen LogP contribution in [-0.2, 0) is 4.74 Å². The highest BCUT2D eigenvalue weighted by molar-refractivity contribution is 7.22. The molecule has 11 heteroatoms. The summed E-state index contributed by atoms with van der Waals surface area (Å²) in [7, 11) is 0. The van der Waals surface area contributed by atoms with Gasteiger partial charge in [0.05, 0.1) is 38.9 Å². The van der Waals surface area contributed by atoms with Crippen LogP contribution in [0.15, 0.2) is 30.3 Å². The summed E-state index contributed by atoms with van der Waals surface area (Å²) < 4.78 is 6.43. The van der Waals surface area contributed by atoms with Crippen LogP contribution in [0, 0.1) is 24.0 Å². The number of benzene rings is 2. The van der Waals surface area contributed by atoms with Crippen LogP contribution < -0.4 is 4.90 Å². The van der Waals surface area contributed by atoms with Crippen LogP contribution in [0.5, 0.6) is 0 Å². The number of amides is 1. The molecular formula is C23H26Cl2N4O4S. The molecule has 0 saturated carbocycles. The highest BCUT2D eigenvalue weighted by atomic mass is 35.5. The van der Waals surface area contributed by atoms with Gasteiger partial charge in [-0.2, -0.15) is 0 Å². The van der Waals surface area contributed by atoms with Crippen molar-refractivity contribution in [2.45, 2.75) is 20.3 Å². The van der Waals surface area contributed by atoms with Crippen LogP contribution in [0.3, 0.4) is 0 Å². The Morgan fingerprint density at radius 3 is 2.71 bits per heavy atom. The van der Waals surface area contributed by atoms with Gasteiger partial charge in [-0.3, -0.25) is 24.7 Å². The van der Waals surface area contributed by atoms with Crippen molar-refractivity contribution >= 4 is 62.3 Å². The Labute approximate surface area is 213 Å². The molecule has 182 valence electrons. The number of halogens is 2. The highest BCUT2D eigenvalue weighted by Crippen LogP contribution is 2.34. The third-order valence-corrected chi connectivity index (χ3v) is 7.19. The van der Waals surface area contributed by atoms with Crippen LogP contribution in [0.4, 0.5) is 10.8 Å². The number of aryl methyl sites for hydroxylation is 2. The minimum Gasteiger partial charge on any atom is -0.379 e. The molecule has 34 heavy (non-hydrogen) atoms. The van der Waals surface area contributed by atoms with Crippen molar-refractivity contribution in [3.8, 4) is 0 Å². The zero-order valence-electron chi connectivity index (χ0n) is 19.0. The summed E-state index contributed by atoms with van der Waals surface area (Å²) in [6.07, 6.45) is 0.728. The fraction of sp³-hybridized carbons (Fsp3) is 0.391. The number of non-ortho nitro benzene ring substituents is 1. The Hall–Kier alpha value is -2.30. The van der Waals surface area contributed by atoms with E-state index in [2.05, 4.69) is 11.0 Å². The number of ether oxygens (including phenoxy) is 1. The van der Waals surface area contributed by atoms with Crippen LogP contribution >= 0.6 is 35.3 Å². The molecule has 1 aliphatic rings. The van der Waals surface area contributed by atoms with E-state index in [1.807, 2.05) is 19.9 Å². The zero-order chi connectivity index (χ0) is 23.5. The maximum atomic E-state index is 13.6. The van der Waals surface area contributed by atoms with E-state index in [0.29, 0.717) is 24.9 Å². The van der Waals surface area contributed by atoms with E-state index in [1.165, 1.54) is 29.5 Å². The topological polar surface area (TPSA) is 88.8 Å². The first-order valence-electron chi connectivity index (χ1n) is 10.8. The van der Waals surface area contributed by atoms with Crippen molar-refractivity contribution in [1.29, 1.82) is 0 Å². The van der Waals surface area contributed by atoms with E-state index >= 15 is 0 Å². The summed E-state index contributed by atoms with van der Waals surface area (Å²) in [5.41, 5.74) is 2.96. The van der Waals surface area contributed by atoms with Crippen molar-refractivity contribution in [1.82, 2.24) is 9.88 Å². The number of fused-ring (bicyclic) bond motifs is 1. The van der Waals surface area contributed by atoms with Gasteiger partial charge in [0.25, 0.3) is 11.6 Å². The van der Waals surface area contributed by atoms with Gasteiger partial charge in [-0.15, -0.1) is 12.4 Å². The number of nitro groups is 1. The van der Waals surface area contributed by atoms with Crippen molar-refractivity contribution in [2.75, 3.05) is 44.3 Å². The Morgan fingerprint density at radius 1 is 1.26 bits per heavy atom. The smallest absolute Gasteiger partial charge is 0.270 e. The summed E-state index contributed by atoms with van der Waals surface area (Å²) in [6, 6.07) is 8.02. The van der Waals surface area contributed by atoms with Gasteiger partial charge in [0.2, 0.25) is 0 Å². The Kier molecular flexibility index (Phi) is 8.83. The quantitative estimate of drug-likeness (QED) is 0.309. The highest BCUT2D eigenvalue weighted by Gasteiger charge is 2.25. The number of rotatable bonds is 7. The average Bonchev–Trinajstić information content (AvgIpc) is 3.21. The van der Waals surface area contributed by atoms with Crippen molar-refractivity contribution in [3.05, 3.63) is 62.2 Å². The van der Waals surface area contributed by atoms with Crippen LogP contribution in [-0.4, -0.2) is 60.1 Å². The van der Waals surface area contributed by atoms with E-state index in [0.717, 1.165) is 47.4 Å². The second-order valence-corrected chi connectivity index (χ2v) is 9.50. The molecule has 1 amide bonds. The van der Waals surface area contributed by atoms with Gasteiger partial charge in [-0.1, -0.05) is 29.0 Å². The maximum Gasteiger partial charge on any atom is 0.270 e. The first-order valence-corrected chi connectivity index (χ1v) is 12.0. The molecule has 1 saturated heterocycles. The van der Waals surface area contributed by atoms with Crippen LogP contribution in [0.25, 0.3) is 10.2 Å². The Morgan fingerprint density at radius 2 is 2.00 bits per heavy atom. The van der Waals surface area contributed by atoms with Crippen molar-refractivity contribution in [3.63, 3.8) is 0 Å². The second kappa shape index (κ2) is 11.4. The van der Waals surface area contributed by atoms with Gasteiger partial charge < -0.3 is 4.74 Å². The van der Waals surface area contributed by atoms with Gasteiger partial charge in [0, 0.05) is 38.3 Å². The molecule has 2 aromatic carbocycles. The standard InChI is InChI=1S/C23H25ClN4O4S.ClH/c1-15-12-16(2)21-20(13-15)25-23(33-21)27(7-3-6-26-8-10-32-11-9-26)22(29)18-14-17(28(30)31)4-5-19(18)24;/h4-5,12-14H,3,6-11H2,1-2H3;1H. The number of aromatic nitrogens is 1. The van der Waals surface area contributed by atoms with E-state index in [1.54, 1.807) is 4.90 Å². The molecule has 0 unspecified atom stereocenters. The van der Waals surface area contributed by atoms with E-state index in [4.69, 9.17) is 21.3 Å². The fourth-order valence-corrected chi connectivity index (χ4v) is 5.22. The average molecular weight is 525 g/mol. The molecular weight excluding hydrogens is 499 g/mol. The molecule has 8 nitrogen and oxygen atoms in total. The predicted octanol–water partition coefficient (Wildman–Crippen LogP) is 5.27. The molecule has 0 spiro atoms. The first kappa shape index (κ1) is 26.3. The molecule has 3 aromatic rings. The molecule has 1 aliphatic heterocycles. The predicted molar refractivity (Wildman–Crippen MR) is 138 cm³/mol. The maximum absolute atomic E-state index is 13.6. The van der Waals surface area contributed by atoms with Gasteiger partial charge >= 0.3 is 0 Å². The zero-order valence-corrected chi connectivity index (χ0v) is 21.3. The number of carbonyl (C=O) groups is 1. The number of morpholine rings is 1. The molecule has 0 aliphatic carbocycles. The molecule has 0 radical (unpaired) electrons. The lowest BCUT2D eigenvalue weighted by Crippen LogP contribution is -2.39. The monoisotopic (exact) mass is 524 g/mol. The molecule has 4 rings (SSSR count). The normalized spacial score (nSPS) is 14.1. The van der Waals surface area contributed by atoms with Gasteiger partial charge in [-0.25, -0.2) is 4.98 Å². The molecule has 2 heterocycles. The summed E-state index contributed by atoms with van der Waals surface area (Å²) in [4.78, 5) is 33.0. The molecule has 0 atom stereocenters. The lowest BCUT2D eigenvalue weighted by molar-refractivity contribution is -0.384. The van der Waals surface area contributed by atoms with E-state index in [9.17, 15) is 14.9 Å². The second-order valence-electron chi connectivity index (χ2n) is 8.11. The summed E-state index contributed by atoms with van der Waals surface area (Å²) in [5, 5.41) is 12.0. The Balaban J connectivity index is 0.00000324. The number of carbonyl (C=O) groups excluding carboxylic acids is 1. The number of hydrogen-bond acceptors (Lipinski definition) is 7. The van der Waals surface area contributed by atoms with E-state index < -0.39 is 4.92 Å². The first-order chi connectivity index (χ1) is 15.8. The molecule has 0 N–H and O–H groups in total. The number of anilines is 1. The van der Waals surface area contributed by atoms with Crippen LogP contribution in [0.2, 0.25) is 5.02 Å². The summed E-state index contributed by atoms with van der Waals surface area (Å²) in [6.45, 7) is 8.43. The number of nitrogens with zero attached hydrogens (tertiary/aromatic N) is 4. The van der Waals surface area contributed by atoms with Gasteiger partial charge in [0.15, 0.2) is 5.13 Å². The Bertz CT molecular complexity index is 1200. The summed E-state index contributed by atoms with van der Waals surface area (Å²) >= 11 is 7.75. The fourth-order valence-electron chi connectivity index (χ4n) is 3.98. The van der Waals surface area contributed by atoms with Crippen LogP contribution in [0.1, 0.15) is 27.9 Å². The largest absolute Gasteiger partial charge is 0.379 e. The third kappa shape index (κ3) is 5.84. The lowest BCUT2D eigenvalue weighted by Gasteiger charge is -2.27. The minimum atomic E-state index is -0.528. The lowest BCUT2D eigenvalue weighted by atomic mass is 10.1. The third-order valence-electron chi connectivity index (χ3n) is 5.64. The minimum absolute atomic E-state index is 0. The SMILES string of the molecule is Cc1cc(C)c2sc(N(CCCN3CCOCC3)C(=O)c3cc([N+](=O)[O-])ccc3Cl)nc2c1.Cl. The molecule has 0 bridgehead atoms. The van der Waals surface area contributed by atoms with Crippen molar-refractivity contribution in [2.24, 2.45) is 0 Å². The summed E-state index contributed by atoms with van der Waals surface area (Å²) in [5.74, 6) is -0.390. The number of thiazole rings is 1. The molecule has 1 aromatic heterocycles. The molecule has 1 fully saturated rings. The van der Waals surface area contributed by atoms with Gasteiger partial charge in [0.1, 0.15) is 0 Å². The number of nitro benzene ring substituents is 1. The van der Waals surface area contributed by atoms with Gasteiger partial charge in [-0.05, 0) is 43.5 Å².